The summed E-state index contributed by atoms with van der Waals surface area (Å²) in [7, 11) is 1.84. The third-order valence-corrected chi connectivity index (χ3v) is 2.73. The number of hydrogen-bond acceptors (Lipinski definition) is 4. The first kappa shape index (κ1) is 11.4. The van der Waals surface area contributed by atoms with Gasteiger partial charge in [-0.15, -0.1) is 0 Å². The number of ether oxygens (including phenoxy) is 1. The van der Waals surface area contributed by atoms with Crippen molar-refractivity contribution in [1.29, 1.82) is 0 Å². The van der Waals surface area contributed by atoms with Crippen molar-refractivity contribution in [3.63, 3.8) is 0 Å². The topological polar surface area (TPSA) is 66.0 Å². The molecule has 0 aliphatic heterocycles. The predicted octanol–water partition coefficient (Wildman–Crippen LogP) is 1.59. The maximum absolute atomic E-state index is 5.82. The molecule has 5 nitrogen and oxygen atoms in total. The Labute approximate surface area is 100 Å². The molecule has 2 N–H and O–H groups in total. The van der Waals surface area contributed by atoms with Crippen molar-refractivity contribution < 1.29 is 4.74 Å². The van der Waals surface area contributed by atoms with E-state index in [1.807, 2.05) is 33.0 Å². The number of anilines is 1. The first-order valence-corrected chi connectivity index (χ1v) is 5.40. The SMILES string of the molecule is Cc1cc(OCc2ncnn2C)c(C)cc1N. The molecule has 0 spiro atoms. The summed E-state index contributed by atoms with van der Waals surface area (Å²) in [6.07, 6.45) is 1.51. The Bertz CT molecular complexity index is 533. The van der Waals surface area contributed by atoms with Crippen LogP contribution in [0.5, 0.6) is 5.75 Å². The summed E-state index contributed by atoms with van der Waals surface area (Å²) in [5.41, 5.74) is 8.65. The van der Waals surface area contributed by atoms with Gasteiger partial charge in [0.15, 0.2) is 5.82 Å². The zero-order valence-electron chi connectivity index (χ0n) is 10.3. The van der Waals surface area contributed by atoms with Gasteiger partial charge in [-0.2, -0.15) is 5.10 Å². The first-order chi connectivity index (χ1) is 8.08. The molecule has 0 saturated heterocycles. The van der Waals surface area contributed by atoms with Crippen molar-refractivity contribution in [1.82, 2.24) is 14.8 Å². The van der Waals surface area contributed by atoms with E-state index in [0.29, 0.717) is 6.61 Å². The molecule has 5 heteroatoms. The Balaban J connectivity index is 2.14. The van der Waals surface area contributed by atoms with Gasteiger partial charge in [-0.1, -0.05) is 0 Å². The molecule has 0 unspecified atom stereocenters. The second kappa shape index (κ2) is 4.45. The zero-order chi connectivity index (χ0) is 12.4. The summed E-state index contributed by atoms with van der Waals surface area (Å²) >= 11 is 0. The highest BCUT2D eigenvalue weighted by atomic mass is 16.5. The second-order valence-corrected chi connectivity index (χ2v) is 4.06. The zero-order valence-corrected chi connectivity index (χ0v) is 10.3. The average molecular weight is 232 g/mol. The van der Waals surface area contributed by atoms with E-state index in [4.69, 9.17) is 10.5 Å². The third-order valence-electron chi connectivity index (χ3n) is 2.73. The molecule has 0 amide bonds. The Morgan fingerprint density at radius 2 is 2.06 bits per heavy atom. The minimum Gasteiger partial charge on any atom is -0.485 e. The number of nitrogens with zero attached hydrogens (tertiary/aromatic N) is 3. The molecule has 0 fully saturated rings. The minimum absolute atomic E-state index is 0.403. The molecule has 0 aliphatic carbocycles. The van der Waals surface area contributed by atoms with Crippen LogP contribution in [0.1, 0.15) is 17.0 Å². The smallest absolute Gasteiger partial charge is 0.164 e. The summed E-state index contributed by atoms with van der Waals surface area (Å²) in [4.78, 5) is 4.10. The Morgan fingerprint density at radius 3 is 2.71 bits per heavy atom. The molecule has 17 heavy (non-hydrogen) atoms. The third kappa shape index (κ3) is 2.38. The van der Waals surface area contributed by atoms with Gasteiger partial charge in [0.1, 0.15) is 18.7 Å². The molecular formula is C12H16N4O. The van der Waals surface area contributed by atoms with E-state index in [1.54, 1.807) is 4.68 Å². The lowest BCUT2D eigenvalue weighted by molar-refractivity contribution is 0.287. The minimum atomic E-state index is 0.403. The number of rotatable bonds is 3. The first-order valence-electron chi connectivity index (χ1n) is 5.40. The normalized spacial score (nSPS) is 10.5. The Morgan fingerprint density at radius 1 is 1.29 bits per heavy atom. The predicted molar refractivity (Wildman–Crippen MR) is 65.7 cm³/mol. The van der Waals surface area contributed by atoms with Crippen molar-refractivity contribution in [2.24, 2.45) is 7.05 Å². The summed E-state index contributed by atoms with van der Waals surface area (Å²) in [5.74, 6) is 1.62. The van der Waals surface area contributed by atoms with Crippen LogP contribution in [0.3, 0.4) is 0 Å². The molecular weight excluding hydrogens is 216 g/mol. The van der Waals surface area contributed by atoms with Gasteiger partial charge in [-0.05, 0) is 37.1 Å². The van der Waals surface area contributed by atoms with Crippen LogP contribution in [0, 0.1) is 13.8 Å². The van der Waals surface area contributed by atoms with Crippen molar-refractivity contribution >= 4 is 5.69 Å². The monoisotopic (exact) mass is 232 g/mol. The van der Waals surface area contributed by atoms with E-state index in [9.17, 15) is 0 Å². The van der Waals surface area contributed by atoms with Crippen LogP contribution in [0.15, 0.2) is 18.5 Å². The largest absolute Gasteiger partial charge is 0.485 e. The molecule has 0 radical (unpaired) electrons. The van der Waals surface area contributed by atoms with Crippen LogP contribution >= 0.6 is 0 Å². The van der Waals surface area contributed by atoms with Crippen LogP contribution in [-0.2, 0) is 13.7 Å². The van der Waals surface area contributed by atoms with Crippen LogP contribution < -0.4 is 10.5 Å². The number of aromatic nitrogens is 3. The lowest BCUT2D eigenvalue weighted by atomic mass is 10.1. The van der Waals surface area contributed by atoms with Gasteiger partial charge >= 0.3 is 0 Å². The number of nitrogen functional groups attached to an aromatic ring is 1. The summed E-state index contributed by atoms with van der Waals surface area (Å²) in [5, 5.41) is 3.99. The van der Waals surface area contributed by atoms with Gasteiger partial charge in [0.25, 0.3) is 0 Å². The van der Waals surface area contributed by atoms with E-state index >= 15 is 0 Å². The molecule has 0 atom stereocenters. The quantitative estimate of drug-likeness (QED) is 0.816. The maximum Gasteiger partial charge on any atom is 0.164 e. The maximum atomic E-state index is 5.82. The number of benzene rings is 1. The molecule has 1 heterocycles. The summed E-state index contributed by atoms with van der Waals surface area (Å²) in [6.45, 7) is 4.34. The molecule has 1 aromatic heterocycles. The highest BCUT2D eigenvalue weighted by Gasteiger charge is 2.06. The van der Waals surface area contributed by atoms with Gasteiger partial charge in [0, 0.05) is 12.7 Å². The van der Waals surface area contributed by atoms with Gasteiger partial charge in [0.2, 0.25) is 0 Å². The molecule has 1 aromatic carbocycles. The van der Waals surface area contributed by atoms with Gasteiger partial charge in [0.05, 0.1) is 0 Å². The van der Waals surface area contributed by atoms with Crippen LogP contribution in [0.2, 0.25) is 0 Å². The van der Waals surface area contributed by atoms with Crippen molar-refractivity contribution in [3.05, 3.63) is 35.4 Å². The lowest BCUT2D eigenvalue weighted by Gasteiger charge is -2.11. The summed E-state index contributed by atoms with van der Waals surface area (Å²) < 4.78 is 7.41. The van der Waals surface area contributed by atoms with Crippen molar-refractivity contribution in [2.75, 3.05) is 5.73 Å². The molecule has 0 aliphatic rings. The van der Waals surface area contributed by atoms with Crippen molar-refractivity contribution in [2.45, 2.75) is 20.5 Å². The fraction of sp³-hybridized carbons (Fsp3) is 0.333. The Kier molecular flexibility index (Phi) is 2.99. The molecule has 2 aromatic rings. The number of nitrogens with two attached hydrogens (primary N) is 1. The number of hydrogen-bond donors (Lipinski definition) is 1. The van der Waals surface area contributed by atoms with E-state index in [2.05, 4.69) is 10.1 Å². The molecule has 0 bridgehead atoms. The van der Waals surface area contributed by atoms with Gasteiger partial charge in [-0.3, -0.25) is 4.68 Å². The molecule has 2 rings (SSSR count). The fourth-order valence-electron chi connectivity index (χ4n) is 1.56. The number of aryl methyl sites for hydroxylation is 3. The lowest BCUT2D eigenvalue weighted by Crippen LogP contribution is -2.05. The second-order valence-electron chi connectivity index (χ2n) is 4.06. The fourth-order valence-corrected chi connectivity index (χ4v) is 1.56. The average Bonchev–Trinajstić information content (AvgIpc) is 2.68. The van der Waals surface area contributed by atoms with E-state index in [1.165, 1.54) is 6.33 Å². The van der Waals surface area contributed by atoms with E-state index in [0.717, 1.165) is 28.4 Å². The standard InChI is InChI=1S/C12H16N4O/c1-8-5-11(9(2)4-10(8)13)17-6-12-14-7-15-16(12)3/h4-5,7H,6,13H2,1-3H3. The highest BCUT2D eigenvalue weighted by Crippen LogP contribution is 2.24. The van der Waals surface area contributed by atoms with Gasteiger partial charge in [-0.25, -0.2) is 4.98 Å². The van der Waals surface area contributed by atoms with E-state index < -0.39 is 0 Å². The van der Waals surface area contributed by atoms with Crippen LogP contribution in [-0.4, -0.2) is 14.8 Å². The highest BCUT2D eigenvalue weighted by molar-refractivity contribution is 5.53. The molecule has 0 saturated carbocycles. The van der Waals surface area contributed by atoms with E-state index in [-0.39, 0.29) is 0 Å². The summed E-state index contributed by atoms with van der Waals surface area (Å²) in [6, 6.07) is 3.86. The van der Waals surface area contributed by atoms with Crippen LogP contribution in [0.4, 0.5) is 5.69 Å². The van der Waals surface area contributed by atoms with Crippen molar-refractivity contribution in [3.8, 4) is 5.75 Å². The van der Waals surface area contributed by atoms with Crippen LogP contribution in [0.25, 0.3) is 0 Å². The van der Waals surface area contributed by atoms with Gasteiger partial charge < -0.3 is 10.5 Å². The Hall–Kier alpha value is -2.04. The molecule has 90 valence electrons.